The summed E-state index contributed by atoms with van der Waals surface area (Å²) >= 11 is 0. The molecule has 0 radical (unpaired) electrons. The minimum Gasteiger partial charge on any atom is -0.497 e. The van der Waals surface area contributed by atoms with Crippen molar-refractivity contribution in [1.82, 2.24) is 19.4 Å². The Labute approximate surface area is 158 Å². The SMILES string of the molecule is COc1ccc(NC(=O)CN2CCC(n3cnc4cccnc43)CC2)cc1. The molecule has 1 aliphatic rings. The Morgan fingerprint density at radius 3 is 2.70 bits per heavy atom. The lowest BCUT2D eigenvalue weighted by Gasteiger charge is -2.32. The molecule has 1 amide bonds. The van der Waals surface area contributed by atoms with Crippen LogP contribution in [-0.2, 0) is 4.79 Å². The van der Waals surface area contributed by atoms with Crippen LogP contribution in [0, 0.1) is 0 Å². The van der Waals surface area contributed by atoms with Gasteiger partial charge in [0.1, 0.15) is 11.3 Å². The van der Waals surface area contributed by atoms with E-state index in [2.05, 4.69) is 24.8 Å². The van der Waals surface area contributed by atoms with Crippen LogP contribution in [0.15, 0.2) is 48.9 Å². The third kappa shape index (κ3) is 3.93. The van der Waals surface area contributed by atoms with E-state index in [0.29, 0.717) is 12.6 Å². The van der Waals surface area contributed by atoms with Crippen molar-refractivity contribution in [2.24, 2.45) is 0 Å². The van der Waals surface area contributed by atoms with Crippen LogP contribution in [0.25, 0.3) is 11.2 Å². The molecule has 1 N–H and O–H groups in total. The van der Waals surface area contributed by atoms with Gasteiger partial charge in [-0.3, -0.25) is 9.69 Å². The molecule has 0 saturated carbocycles. The number of nitrogens with one attached hydrogen (secondary N) is 1. The fraction of sp³-hybridized carbons (Fsp3) is 0.350. The van der Waals surface area contributed by atoms with Crippen molar-refractivity contribution in [1.29, 1.82) is 0 Å². The predicted molar refractivity (Wildman–Crippen MR) is 104 cm³/mol. The zero-order chi connectivity index (χ0) is 18.6. The Balaban J connectivity index is 1.30. The van der Waals surface area contributed by atoms with E-state index in [1.54, 1.807) is 13.3 Å². The minimum atomic E-state index is 0.00774. The first-order valence-corrected chi connectivity index (χ1v) is 9.17. The molecule has 0 spiro atoms. The molecule has 7 nitrogen and oxygen atoms in total. The number of aromatic nitrogens is 3. The van der Waals surface area contributed by atoms with E-state index >= 15 is 0 Å². The van der Waals surface area contributed by atoms with Gasteiger partial charge < -0.3 is 14.6 Å². The molecule has 0 bridgehead atoms. The van der Waals surface area contributed by atoms with Crippen LogP contribution < -0.4 is 10.1 Å². The molecule has 3 heterocycles. The Kier molecular flexibility index (Phi) is 5.02. The summed E-state index contributed by atoms with van der Waals surface area (Å²) in [7, 11) is 1.62. The van der Waals surface area contributed by atoms with Gasteiger partial charge in [-0.1, -0.05) is 0 Å². The van der Waals surface area contributed by atoms with E-state index in [0.717, 1.165) is 48.5 Å². The van der Waals surface area contributed by atoms with Gasteiger partial charge in [-0.25, -0.2) is 9.97 Å². The Bertz CT molecular complexity index is 914. The number of benzene rings is 1. The average molecular weight is 365 g/mol. The first-order chi connectivity index (χ1) is 13.2. The van der Waals surface area contributed by atoms with Crippen LogP contribution in [-0.4, -0.2) is 52.1 Å². The molecule has 1 aliphatic heterocycles. The third-order valence-corrected chi connectivity index (χ3v) is 5.02. The maximum Gasteiger partial charge on any atom is 0.238 e. The van der Waals surface area contributed by atoms with Crippen molar-refractivity contribution in [3.63, 3.8) is 0 Å². The van der Waals surface area contributed by atoms with E-state index in [1.807, 2.05) is 42.7 Å². The lowest BCUT2D eigenvalue weighted by molar-refractivity contribution is -0.117. The summed E-state index contributed by atoms with van der Waals surface area (Å²) in [6.45, 7) is 2.17. The number of hydrogen-bond acceptors (Lipinski definition) is 5. The molecule has 27 heavy (non-hydrogen) atoms. The fourth-order valence-electron chi connectivity index (χ4n) is 3.57. The van der Waals surface area contributed by atoms with Gasteiger partial charge in [-0.15, -0.1) is 0 Å². The van der Waals surface area contributed by atoms with Crippen molar-refractivity contribution in [2.75, 3.05) is 32.1 Å². The van der Waals surface area contributed by atoms with Gasteiger partial charge in [-0.2, -0.15) is 0 Å². The van der Waals surface area contributed by atoms with Gasteiger partial charge in [0.15, 0.2) is 5.65 Å². The number of hydrogen-bond donors (Lipinski definition) is 1. The number of piperidine rings is 1. The molecule has 1 aromatic carbocycles. The molecule has 7 heteroatoms. The molecule has 1 fully saturated rings. The van der Waals surface area contributed by atoms with Gasteiger partial charge in [-0.05, 0) is 49.2 Å². The second kappa shape index (κ2) is 7.75. The highest BCUT2D eigenvalue weighted by Crippen LogP contribution is 2.25. The largest absolute Gasteiger partial charge is 0.497 e. The van der Waals surface area contributed by atoms with E-state index in [1.165, 1.54) is 0 Å². The van der Waals surface area contributed by atoms with Gasteiger partial charge in [0.2, 0.25) is 5.91 Å². The highest BCUT2D eigenvalue weighted by atomic mass is 16.5. The summed E-state index contributed by atoms with van der Waals surface area (Å²) in [5.74, 6) is 0.782. The smallest absolute Gasteiger partial charge is 0.238 e. The molecular weight excluding hydrogens is 342 g/mol. The van der Waals surface area contributed by atoms with Gasteiger partial charge in [0.05, 0.1) is 20.0 Å². The van der Waals surface area contributed by atoms with Crippen LogP contribution in [0.2, 0.25) is 0 Å². The monoisotopic (exact) mass is 365 g/mol. The molecule has 2 aromatic heterocycles. The van der Waals surface area contributed by atoms with Crippen molar-refractivity contribution in [3.8, 4) is 5.75 Å². The van der Waals surface area contributed by atoms with E-state index in [4.69, 9.17) is 4.74 Å². The van der Waals surface area contributed by atoms with Crippen molar-refractivity contribution < 1.29 is 9.53 Å². The summed E-state index contributed by atoms with van der Waals surface area (Å²) in [5.41, 5.74) is 2.65. The van der Waals surface area contributed by atoms with Crippen LogP contribution in [0.5, 0.6) is 5.75 Å². The minimum absolute atomic E-state index is 0.00774. The second-order valence-electron chi connectivity index (χ2n) is 6.78. The van der Waals surface area contributed by atoms with Crippen LogP contribution in [0.3, 0.4) is 0 Å². The standard InChI is InChI=1S/C20H23N5O2/c1-27-17-6-4-15(5-7-17)23-19(26)13-24-11-8-16(9-12-24)25-14-22-18-3-2-10-21-20(18)25/h2-7,10,14,16H,8-9,11-13H2,1H3,(H,23,26). The Morgan fingerprint density at radius 2 is 1.96 bits per heavy atom. The number of rotatable bonds is 5. The molecule has 3 aromatic rings. The summed E-state index contributed by atoms with van der Waals surface area (Å²) < 4.78 is 7.30. The molecule has 0 unspecified atom stereocenters. The number of fused-ring (bicyclic) bond motifs is 1. The first-order valence-electron chi connectivity index (χ1n) is 9.17. The summed E-state index contributed by atoms with van der Waals surface area (Å²) in [6.07, 6.45) is 5.66. The summed E-state index contributed by atoms with van der Waals surface area (Å²) in [5, 5.41) is 2.94. The van der Waals surface area contributed by atoms with Gasteiger partial charge in [0.25, 0.3) is 0 Å². The zero-order valence-corrected chi connectivity index (χ0v) is 15.3. The van der Waals surface area contributed by atoms with Crippen molar-refractivity contribution in [2.45, 2.75) is 18.9 Å². The second-order valence-corrected chi connectivity index (χ2v) is 6.78. The summed E-state index contributed by atoms with van der Waals surface area (Å²) in [6, 6.07) is 11.6. The number of carbonyl (C=O) groups excluding carboxylic acids is 1. The lowest BCUT2D eigenvalue weighted by atomic mass is 10.0. The number of carbonyl (C=O) groups is 1. The topological polar surface area (TPSA) is 72.3 Å². The molecule has 4 rings (SSSR count). The van der Waals surface area contributed by atoms with Gasteiger partial charge in [0, 0.05) is 31.0 Å². The predicted octanol–water partition coefficient (Wildman–Crippen LogP) is 2.72. The molecule has 0 aliphatic carbocycles. The van der Waals surface area contributed by atoms with Crippen molar-refractivity contribution in [3.05, 3.63) is 48.9 Å². The number of ether oxygens (including phenoxy) is 1. The van der Waals surface area contributed by atoms with Gasteiger partial charge >= 0.3 is 0 Å². The molecule has 1 saturated heterocycles. The number of methoxy groups -OCH3 is 1. The Hall–Kier alpha value is -2.93. The molecule has 0 atom stereocenters. The number of pyridine rings is 1. The normalized spacial score (nSPS) is 15.7. The van der Waals surface area contributed by atoms with Crippen LogP contribution >= 0.6 is 0 Å². The highest BCUT2D eigenvalue weighted by Gasteiger charge is 2.23. The third-order valence-electron chi connectivity index (χ3n) is 5.02. The number of likely N-dealkylation sites (tertiary alicyclic amines) is 1. The van der Waals surface area contributed by atoms with Crippen LogP contribution in [0.4, 0.5) is 5.69 Å². The number of imidazole rings is 1. The van der Waals surface area contributed by atoms with E-state index in [-0.39, 0.29) is 5.91 Å². The Morgan fingerprint density at radius 1 is 1.19 bits per heavy atom. The van der Waals surface area contributed by atoms with E-state index < -0.39 is 0 Å². The number of anilines is 1. The highest BCUT2D eigenvalue weighted by molar-refractivity contribution is 5.92. The van der Waals surface area contributed by atoms with E-state index in [9.17, 15) is 4.79 Å². The maximum atomic E-state index is 12.3. The first kappa shape index (κ1) is 17.5. The maximum absolute atomic E-state index is 12.3. The zero-order valence-electron chi connectivity index (χ0n) is 15.3. The summed E-state index contributed by atoms with van der Waals surface area (Å²) in [4.78, 5) is 23.4. The molecule has 140 valence electrons. The van der Waals surface area contributed by atoms with Crippen LogP contribution in [0.1, 0.15) is 18.9 Å². The van der Waals surface area contributed by atoms with Crippen molar-refractivity contribution >= 4 is 22.8 Å². The number of amides is 1. The number of nitrogens with zero attached hydrogens (tertiary/aromatic N) is 4. The average Bonchev–Trinajstić information content (AvgIpc) is 3.13. The lowest BCUT2D eigenvalue weighted by Crippen LogP contribution is -2.39. The quantitative estimate of drug-likeness (QED) is 0.753. The fourth-order valence-corrected chi connectivity index (χ4v) is 3.57. The molecular formula is C20H23N5O2.